The van der Waals surface area contributed by atoms with Crippen molar-refractivity contribution >= 4 is 38.7 Å². The van der Waals surface area contributed by atoms with E-state index in [1.165, 1.54) is 22.5 Å². The van der Waals surface area contributed by atoms with Crippen molar-refractivity contribution in [2.24, 2.45) is 0 Å². The van der Waals surface area contributed by atoms with Crippen LogP contribution in [0, 0.1) is 13.8 Å². The number of nitrogens with one attached hydrogen (secondary N) is 1. The molecule has 1 aliphatic carbocycles. The van der Waals surface area contributed by atoms with E-state index < -0.39 is 21.7 Å². The lowest BCUT2D eigenvalue weighted by molar-refractivity contribution is 0.0729. The van der Waals surface area contributed by atoms with Gasteiger partial charge in [0.05, 0.1) is 36.4 Å². The van der Waals surface area contributed by atoms with Crippen molar-refractivity contribution in [1.82, 2.24) is 18.8 Å². The van der Waals surface area contributed by atoms with E-state index in [4.69, 9.17) is 13.9 Å². The summed E-state index contributed by atoms with van der Waals surface area (Å²) in [6.07, 6.45) is 4.45. The smallest absolute Gasteiger partial charge is 0.341 e. The van der Waals surface area contributed by atoms with Gasteiger partial charge in [-0.05, 0) is 94.8 Å². The zero-order valence-corrected chi connectivity index (χ0v) is 30.6. The zero-order chi connectivity index (χ0) is 36.0. The number of nitrogens with zero attached hydrogens (tertiary/aromatic N) is 4. The average Bonchev–Trinajstić information content (AvgIpc) is 3.65. The second-order valence-electron chi connectivity index (χ2n) is 14.3. The summed E-state index contributed by atoms with van der Waals surface area (Å²) in [6.45, 7) is 8.43. The first-order valence-electron chi connectivity index (χ1n) is 17.9. The zero-order valence-electron chi connectivity index (χ0n) is 29.8. The number of piperazine rings is 1. The number of ether oxygens (including phenoxy) is 2. The van der Waals surface area contributed by atoms with Crippen LogP contribution in [0.3, 0.4) is 0 Å². The summed E-state index contributed by atoms with van der Waals surface area (Å²) < 4.78 is 46.8. The minimum Gasteiger partial charge on any atom is -0.490 e. The molecule has 2 amide bonds. The van der Waals surface area contributed by atoms with E-state index in [2.05, 4.69) is 27.6 Å². The number of carbonyl (C=O) groups is 2. The summed E-state index contributed by atoms with van der Waals surface area (Å²) in [4.78, 5) is 47.1. The topological polar surface area (TPSA) is 142 Å². The molecule has 1 N–H and O–H groups in total. The Labute approximate surface area is 298 Å². The van der Waals surface area contributed by atoms with Gasteiger partial charge in [-0.15, -0.1) is 0 Å². The number of methoxy groups -OCH3 is 1. The monoisotopic (exact) mass is 721 g/mol. The predicted octanol–water partition coefficient (Wildman–Crippen LogP) is 3.38. The summed E-state index contributed by atoms with van der Waals surface area (Å²) in [5.41, 5.74) is 4.84. The summed E-state index contributed by atoms with van der Waals surface area (Å²) in [5.74, 6) is -0.958. The molecule has 0 radical (unpaired) electrons. The van der Waals surface area contributed by atoms with Crippen molar-refractivity contribution in [3.05, 3.63) is 68.1 Å². The van der Waals surface area contributed by atoms with Gasteiger partial charge in [0.15, 0.2) is 0 Å². The van der Waals surface area contributed by atoms with E-state index in [9.17, 15) is 22.8 Å². The molecule has 4 aliphatic rings. The summed E-state index contributed by atoms with van der Waals surface area (Å²) in [7, 11) is -0.171. The van der Waals surface area contributed by atoms with Crippen LogP contribution in [0.4, 0.5) is 5.69 Å². The molecule has 0 bridgehead atoms. The molecule has 1 atom stereocenters. The molecular formula is C37H47N5O8S. The van der Waals surface area contributed by atoms with E-state index in [0.29, 0.717) is 43.8 Å². The predicted molar refractivity (Wildman–Crippen MR) is 193 cm³/mol. The maximum atomic E-state index is 13.9. The van der Waals surface area contributed by atoms with Crippen LogP contribution in [-0.2, 0) is 27.9 Å². The van der Waals surface area contributed by atoms with Crippen molar-refractivity contribution in [2.45, 2.75) is 71.1 Å². The van der Waals surface area contributed by atoms with Crippen LogP contribution in [0.25, 0.3) is 11.0 Å². The first kappa shape index (κ1) is 35.4. The third kappa shape index (κ3) is 6.86. The van der Waals surface area contributed by atoms with Crippen molar-refractivity contribution in [2.75, 3.05) is 64.9 Å². The molecule has 7 rings (SSSR count). The molecule has 1 saturated carbocycles. The normalized spacial score (nSPS) is 20.4. The largest absolute Gasteiger partial charge is 0.490 e. The number of rotatable bonds is 9. The number of hydrogen-bond donors (Lipinski definition) is 1. The Morgan fingerprint density at radius 2 is 1.76 bits per heavy atom. The maximum Gasteiger partial charge on any atom is 0.341 e. The molecule has 13 nitrogen and oxygen atoms in total. The van der Waals surface area contributed by atoms with Gasteiger partial charge < -0.3 is 23.7 Å². The Bertz CT molecular complexity index is 2020. The van der Waals surface area contributed by atoms with Gasteiger partial charge in [-0.1, -0.05) is 0 Å². The molecule has 0 unspecified atom stereocenters. The quantitative estimate of drug-likeness (QED) is 0.327. The van der Waals surface area contributed by atoms with Gasteiger partial charge in [0.2, 0.25) is 0 Å². The molecule has 3 fully saturated rings. The highest BCUT2D eigenvalue weighted by Gasteiger charge is 2.33. The fourth-order valence-corrected chi connectivity index (χ4v) is 8.96. The third-order valence-electron chi connectivity index (χ3n) is 11.0. The first-order valence-corrected chi connectivity index (χ1v) is 19.3. The molecule has 4 heterocycles. The van der Waals surface area contributed by atoms with E-state index in [-0.39, 0.29) is 41.5 Å². The molecule has 14 heteroatoms. The average molecular weight is 722 g/mol. The fourth-order valence-electron chi connectivity index (χ4n) is 7.75. The van der Waals surface area contributed by atoms with E-state index in [1.807, 2.05) is 13.8 Å². The summed E-state index contributed by atoms with van der Waals surface area (Å²) in [5, 5.41) is 0.927. The molecule has 0 spiro atoms. The molecule has 2 aromatic carbocycles. The molecule has 1 aromatic heterocycles. The van der Waals surface area contributed by atoms with E-state index in [0.717, 1.165) is 79.5 Å². The number of aryl methyl sites for hydroxylation is 2. The van der Waals surface area contributed by atoms with Gasteiger partial charge in [-0.25, -0.2) is 9.52 Å². The molecular weight excluding hydrogens is 675 g/mol. The van der Waals surface area contributed by atoms with Crippen molar-refractivity contribution in [1.29, 1.82) is 0 Å². The van der Waals surface area contributed by atoms with Crippen molar-refractivity contribution in [3.63, 3.8) is 0 Å². The van der Waals surface area contributed by atoms with Crippen molar-refractivity contribution in [3.8, 4) is 5.75 Å². The van der Waals surface area contributed by atoms with Crippen LogP contribution >= 0.6 is 0 Å². The SMILES string of the molecule is COC[C@@H]1CN(c2cc(C)c3c4c(c(=O)oc3c2C)CN(C(=O)c2ccc(C(=O)NS(=O)(=O)N3CCCC3)c(OC3CCC3)c2)CC4)CCN1C. The lowest BCUT2D eigenvalue weighted by Gasteiger charge is -2.41. The number of fused-ring (bicyclic) bond motifs is 3. The van der Waals surface area contributed by atoms with E-state index in [1.54, 1.807) is 12.0 Å². The Kier molecular flexibility index (Phi) is 9.87. The van der Waals surface area contributed by atoms with Crippen LogP contribution in [0.5, 0.6) is 5.75 Å². The number of likely N-dealkylation sites (N-methyl/N-ethyl adjacent to an activating group) is 1. The second-order valence-corrected chi connectivity index (χ2v) is 16.0. The first-order chi connectivity index (χ1) is 24.4. The lowest BCUT2D eigenvalue weighted by Crippen LogP contribution is -2.53. The number of carbonyl (C=O) groups excluding carboxylic acids is 2. The van der Waals surface area contributed by atoms with Crippen LogP contribution in [0.15, 0.2) is 33.5 Å². The number of anilines is 1. The van der Waals surface area contributed by atoms with Gasteiger partial charge >= 0.3 is 15.8 Å². The van der Waals surface area contributed by atoms with Gasteiger partial charge in [0, 0.05) is 68.6 Å². The Morgan fingerprint density at radius 1 is 1.00 bits per heavy atom. The third-order valence-corrected chi connectivity index (χ3v) is 12.5. The lowest BCUT2D eigenvalue weighted by atomic mass is 9.92. The van der Waals surface area contributed by atoms with Gasteiger partial charge in [-0.3, -0.25) is 14.5 Å². The van der Waals surface area contributed by atoms with Crippen LogP contribution in [0.1, 0.15) is 75.1 Å². The van der Waals surface area contributed by atoms with E-state index >= 15 is 0 Å². The Balaban J connectivity index is 1.14. The van der Waals surface area contributed by atoms with Crippen molar-refractivity contribution < 1.29 is 31.9 Å². The second kappa shape index (κ2) is 14.2. The Hall–Kier alpha value is -3.98. The van der Waals surface area contributed by atoms with Crippen LogP contribution < -0.4 is 20.0 Å². The summed E-state index contributed by atoms with van der Waals surface area (Å²) in [6, 6.07) is 6.90. The van der Waals surface area contributed by atoms with Crippen LogP contribution in [-0.4, -0.2) is 107 Å². The fraction of sp³-hybridized carbons (Fsp3) is 0.541. The number of hydrogen-bond acceptors (Lipinski definition) is 10. The van der Waals surface area contributed by atoms with Gasteiger partial charge in [-0.2, -0.15) is 12.7 Å². The van der Waals surface area contributed by atoms with Gasteiger partial charge in [0.25, 0.3) is 11.8 Å². The highest BCUT2D eigenvalue weighted by atomic mass is 32.2. The Morgan fingerprint density at radius 3 is 2.47 bits per heavy atom. The molecule has 274 valence electrons. The number of amides is 2. The highest BCUT2D eigenvalue weighted by molar-refractivity contribution is 7.87. The van der Waals surface area contributed by atoms with Crippen LogP contribution in [0.2, 0.25) is 0 Å². The molecule has 51 heavy (non-hydrogen) atoms. The standard InChI is InChI=1S/C37H47N5O8S/c1-23-18-31(40-17-16-39(3)26(20-40)22-48-4)24(2)34-33(23)28-12-15-41(21-30(28)37(45)50-34)36(44)25-10-11-29(32(19-25)49-27-8-7-9-27)35(43)38-51(46,47)42-13-5-6-14-42/h10-11,18-19,26-27H,5-9,12-17,20-22H2,1-4H3,(H,38,43)/t26-/m0/s1. The molecule has 3 aromatic rings. The summed E-state index contributed by atoms with van der Waals surface area (Å²) >= 11 is 0. The minimum atomic E-state index is -4.00. The molecule has 2 saturated heterocycles. The maximum absolute atomic E-state index is 13.9. The number of benzene rings is 2. The highest BCUT2D eigenvalue weighted by Crippen LogP contribution is 2.36. The molecule has 3 aliphatic heterocycles. The minimum absolute atomic E-state index is 0.0494. The van der Waals surface area contributed by atoms with Gasteiger partial charge in [0.1, 0.15) is 11.3 Å².